The van der Waals surface area contributed by atoms with Crippen molar-refractivity contribution in [2.45, 2.75) is 0 Å². The molecule has 0 aliphatic carbocycles. The first-order valence-corrected chi connectivity index (χ1v) is 6.19. The van der Waals surface area contributed by atoms with Gasteiger partial charge in [-0.2, -0.15) is 0 Å². The van der Waals surface area contributed by atoms with Gasteiger partial charge in [0, 0.05) is 17.3 Å². The third-order valence-electron chi connectivity index (χ3n) is 3.08. The third-order valence-corrected chi connectivity index (χ3v) is 3.08. The maximum atomic E-state index is 11.2. The van der Waals surface area contributed by atoms with Gasteiger partial charge in [0.25, 0.3) is 0 Å². The molecule has 1 aromatic heterocycles. The van der Waals surface area contributed by atoms with Gasteiger partial charge < -0.3 is 10.4 Å². The number of benzene rings is 2. The van der Waals surface area contributed by atoms with Crippen LogP contribution in [-0.2, 0) is 0 Å². The van der Waals surface area contributed by atoms with E-state index in [-0.39, 0.29) is 5.56 Å². The summed E-state index contributed by atoms with van der Waals surface area (Å²) in [6.07, 6.45) is 1.57. The van der Waals surface area contributed by atoms with Crippen LogP contribution in [0.2, 0.25) is 0 Å². The number of carbonyl (C=O) groups is 1. The number of anilines is 2. The molecule has 0 saturated heterocycles. The van der Waals surface area contributed by atoms with Crippen LogP contribution in [0.4, 0.5) is 11.5 Å². The van der Waals surface area contributed by atoms with Gasteiger partial charge in [-0.3, -0.25) is 0 Å². The largest absolute Gasteiger partial charge is 0.478 e. The van der Waals surface area contributed by atoms with Gasteiger partial charge in [-0.1, -0.05) is 36.4 Å². The Morgan fingerprint density at radius 3 is 2.65 bits per heavy atom. The normalized spacial score (nSPS) is 10.4. The van der Waals surface area contributed by atoms with E-state index in [0.29, 0.717) is 5.82 Å². The highest BCUT2D eigenvalue weighted by Gasteiger charge is 2.11. The highest BCUT2D eigenvalue weighted by molar-refractivity contribution is 5.98. The summed E-state index contributed by atoms with van der Waals surface area (Å²) in [5.41, 5.74) is 0.990. The molecule has 20 heavy (non-hydrogen) atoms. The molecule has 3 aromatic rings. The third kappa shape index (κ3) is 2.19. The van der Waals surface area contributed by atoms with Gasteiger partial charge in [0.2, 0.25) is 0 Å². The first-order valence-electron chi connectivity index (χ1n) is 6.19. The van der Waals surface area contributed by atoms with Crippen LogP contribution in [0.3, 0.4) is 0 Å². The summed E-state index contributed by atoms with van der Waals surface area (Å²) in [7, 11) is 0. The fourth-order valence-electron chi connectivity index (χ4n) is 2.14. The number of hydrogen-bond donors (Lipinski definition) is 2. The van der Waals surface area contributed by atoms with Crippen LogP contribution in [0.15, 0.2) is 60.8 Å². The Kier molecular flexibility index (Phi) is 3.05. The molecule has 0 spiro atoms. The van der Waals surface area contributed by atoms with E-state index in [1.807, 2.05) is 42.5 Å². The Bertz CT molecular complexity index is 779. The molecule has 3 rings (SSSR count). The fourth-order valence-corrected chi connectivity index (χ4v) is 2.14. The Balaban J connectivity index is 2.08. The maximum Gasteiger partial charge on any atom is 0.339 e. The molecule has 0 amide bonds. The minimum atomic E-state index is -0.999. The molecule has 4 nitrogen and oxygen atoms in total. The number of hydrogen-bond acceptors (Lipinski definition) is 3. The topological polar surface area (TPSA) is 62.2 Å². The van der Waals surface area contributed by atoms with E-state index in [2.05, 4.69) is 10.3 Å². The lowest BCUT2D eigenvalue weighted by Crippen LogP contribution is -2.04. The van der Waals surface area contributed by atoms with Crippen molar-refractivity contribution in [1.29, 1.82) is 0 Å². The lowest BCUT2D eigenvalue weighted by molar-refractivity contribution is 0.0697. The molecule has 0 fully saturated rings. The second-order valence-corrected chi connectivity index (χ2v) is 4.36. The smallest absolute Gasteiger partial charge is 0.339 e. The summed E-state index contributed by atoms with van der Waals surface area (Å²) in [6.45, 7) is 0. The molecule has 4 heteroatoms. The average molecular weight is 264 g/mol. The number of fused-ring (bicyclic) bond motifs is 1. The molecule has 2 N–H and O–H groups in total. The summed E-state index contributed by atoms with van der Waals surface area (Å²) < 4.78 is 0. The summed E-state index contributed by atoms with van der Waals surface area (Å²) in [4.78, 5) is 15.3. The zero-order chi connectivity index (χ0) is 13.9. The number of aromatic nitrogens is 1. The SMILES string of the molecule is O=C(O)c1cccnc1Nc1cccc2ccccc12. The van der Waals surface area contributed by atoms with Crippen molar-refractivity contribution in [1.82, 2.24) is 4.98 Å². The van der Waals surface area contributed by atoms with Gasteiger partial charge >= 0.3 is 5.97 Å². The molecule has 0 atom stereocenters. The minimum absolute atomic E-state index is 0.153. The van der Waals surface area contributed by atoms with E-state index in [4.69, 9.17) is 0 Å². The number of pyridine rings is 1. The summed E-state index contributed by atoms with van der Waals surface area (Å²) in [6, 6.07) is 16.9. The van der Waals surface area contributed by atoms with E-state index < -0.39 is 5.97 Å². The average Bonchev–Trinajstić information content (AvgIpc) is 2.48. The Hall–Kier alpha value is -2.88. The molecule has 2 aromatic carbocycles. The molecule has 98 valence electrons. The minimum Gasteiger partial charge on any atom is -0.478 e. The van der Waals surface area contributed by atoms with Crippen LogP contribution in [0, 0.1) is 0 Å². The van der Waals surface area contributed by atoms with Gasteiger partial charge in [-0.15, -0.1) is 0 Å². The van der Waals surface area contributed by atoms with E-state index >= 15 is 0 Å². The first-order chi connectivity index (χ1) is 9.75. The predicted octanol–water partition coefficient (Wildman–Crippen LogP) is 3.68. The van der Waals surface area contributed by atoms with Crippen LogP contribution in [0.5, 0.6) is 0 Å². The van der Waals surface area contributed by atoms with Gasteiger partial charge in [0.1, 0.15) is 11.4 Å². The van der Waals surface area contributed by atoms with Gasteiger partial charge in [-0.05, 0) is 23.6 Å². The summed E-state index contributed by atoms with van der Waals surface area (Å²) in [5.74, 6) is -0.655. The summed E-state index contributed by atoms with van der Waals surface area (Å²) in [5, 5.41) is 14.4. The van der Waals surface area contributed by atoms with Crippen molar-refractivity contribution >= 4 is 28.2 Å². The van der Waals surface area contributed by atoms with Crippen molar-refractivity contribution in [3.8, 4) is 0 Å². The first kappa shape index (κ1) is 12.2. The van der Waals surface area contributed by atoms with Gasteiger partial charge in [0.05, 0.1) is 0 Å². The molecule has 0 bridgehead atoms. The maximum absolute atomic E-state index is 11.2. The van der Waals surface area contributed by atoms with Crippen LogP contribution in [-0.4, -0.2) is 16.1 Å². The predicted molar refractivity (Wildman–Crippen MR) is 78.4 cm³/mol. The van der Waals surface area contributed by atoms with Gasteiger partial charge in [-0.25, -0.2) is 9.78 Å². The Morgan fingerprint density at radius 1 is 1.00 bits per heavy atom. The summed E-state index contributed by atoms with van der Waals surface area (Å²) >= 11 is 0. The van der Waals surface area contributed by atoms with E-state index in [0.717, 1.165) is 16.5 Å². The Labute approximate surface area is 115 Å². The lowest BCUT2D eigenvalue weighted by atomic mass is 10.1. The fraction of sp³-hybridized carbons (Fsp3) is 0. The Morgan fingerprint density at radius 2 is 1.80 bits per heavy atom. The molecular weight excluding hydrogens is 252 g/mol. The molecule has 0 aliphatic rings. The van der Waals surface area contributed by atoms with Crippen molar-refractivity contribution in [2.24, 2.45) is 0 Å². The second kappa shape index (κ2) is 5.01. The molecule has 0 aliphatic heterocycles. The highest BCUT2D eigenvalue weighted by Crippen LogP contribution is 2.26. The van der Waals surface area contributed by atoms with E-state index in [9.17, 15) is 9.90 Å². The monoisotopic (exact) mass is 264 g/mol. The molecule has 1 heterocycles. The second-order valence-electron chi connectivity index (χ2n) is 4.36. The van der Waals surface area contributed by atoms with Crippen LogP contribution < -0.4 is 5.32 Å². The van der Waals surface area contributed by atoms with E-state index in [1.54, 1.807) is 12.3 Å². The highest BCUT2D eigenvalue weighted by atomic mass is 16.4. The van der Waals surface area contributed by atoms with Crippen LogP contribution in [0.1, 0.15) is 10.4 Å². The molecule has 0 unspecified atom stereocenters. The van der Waals surface area contributed by atoms with Crippen molar-refractivity contribution in [3.63, 3.8) is 0 Å². The number of nitrogens with one attached hydrogen (secondary N) is 1. The zero-order valence-electron chi connectivity index (χ0n) is 10.6. The van der Waals surface area contributed by atoms with E-state index in [1.165, 1.54) is 6.07 Å². The quantitative estimate of drug-likeness (QED) is 0.757. The number of nitrogens with zero attached hydrogens (tertiary/aromatic N) is 1. The number of carboxylic acid groups (broad SMARTS) is 1. The number of aromatic carboxylic acids is 1. The lowest BCUT2D eigenvalue weighted by Gasteiger charge is -2.10. The molecule has 0 saturated carbocycles. The standard InChI is InChI=1S/C16H12N2O2/c19-16(20)13-8-4-10-17-15(13)18-14-9-3-6-11-5-1-2-7-12(11)14/h1-10H,(H,17,18)(H,19,20). The van der Waals surface area contributed by atoms with Crippen molar-refractivity contribution < 1.29 is 9.90 Å². The zero-order valence-corrected chi connectivity index (χ0v) is 10.6. The molecule has 0 radical (unpaired) electrons. The molecular formula is C16H12N2O2. The van der Waals surface area contributed by atoms with Gasteiger partial charge in [0.15, 0.2) is 0 Å². The van der Waals surface area contributed by atoms with Crippen LogP contribution in [0.25, 0.3) is 10.8 Å². The number of rotatable bonds is 3. The van der Waals surface area contributed by atoms with Crippen LogP contribution >= 0.6 is 0 Å². The van der Waals surface area contributed by atoms with Crippen molar-refractivity contribution in [3.05, 3.63) is 66.4 Å². The number of carboxylic acids is 1. The van der Waals surface area contributed by atoms with Crippen molar-refractivity contribution in [2.75, 3.05) is 5.32 Å².